The van der Waals surface area contributed by atoms with E-state index in [1.54, 1.807) is 11.0 Å². The fourth-order valence-corrected chi connectivity index (χ4v) is 2.52. The van der Waals surface area contributed by atoms with Crippen LogP contribution >= 0.6 is 0 Å². The predicted octanol–water partition coefficient (Wildman–Crippen LogP) is 1.92. The van der Waals surface area contributed by atoms with E-state index >= 15 is 0 Å². The van der Waals surface area contributed by atoms with Crippen molar-refractivity contribution in [2.24, 2.45) is 5.84 Å². The summed E-state index contributed by atoms with van der Waals surface area (Å²) in [7, 11) is 1.82. The van der Waals surface area contributed by atoms with E-state index in [0.717, 1.165) is 30.7 Å². The highest BCUT2D eigenvalue weighted by Gasteiger charge is 2.20. The highest BCUT2D eigenvalue weighted by molar-refractivity contribution is 5.94. The van der Waals surface area contributed by atoms with Gasteiger partial charge in [-0.1, -0.05) is 0 Å². The molecule has 1 aromatic carbocycles. The maximum absolute atomic E-state index is 12.4. The Bertz CT molecular complexity index is 470. The molecular formula is C15H23N3O2. The van der Waals surface area contributed by atoms with Crippen LogP contribution in [0.4, 0.5) is 5.69 Å². The summed E-state index contributed by atoms with van der Waals surface area (Å²) >= 11 is 0. The molecule has 1 aliphatic heterocycles. The van der Waals surface area contributed by atoms with Gasteiger partial charge in [-0.05, 0) is 49.9 Å². The van der Waals surface area contributed by atoms with Crippen LogP contribution in [-0.2, 0) is 4.74 Å². The lowest BCUT2D eigenvalue weighted by molar-refractivity contribution is -0.000187. The zero-order valence-electron chi connectivity index (χ0n) is 12.2. The lowest BCUT2D eigenvalue weighted by Crippen LogP contribution is -2.37. The molecule has 1 aromatic rings. The summed E-state index contributed by atoms with van der Waals surface area (Å²) in [6.45, 7) is 3.38. The Balaban J connectivity index is 2.00. The van der Waals surface area contributed by atoms with Crippen molar-refractivity contribution in [2.75, 3.05) is 25.6 Å². The normalized spacial score (nSPS) is 18.6. The summed E-state index contributed by atoms with van der Waals surface area (Å²) in [5.74, 6) is 5.42. The van der Waals surface area contributed by atoms with Crippen LogP contribution in [0.3, 0.4) is 0 Å². The van der Waals surface area contributed by atoms with Crippen molar-refractivity contribution in [3.63, 3.8) is 0 Å². The Labute approximate surface area is 120 Å². The number of carbonyl (C=O) groups excluding carboxylic acids is 1. The number of benzene rings is 1. The summed E-state index contributed by atoms with van der Waals surface area (Å²) in [6.07, 6.45) is 3.51. The summed E-state index contributed by atoms with van der Waals surface area (Å²) in [6, 6.07) is 5.48. The fraction of sp³-hybridized carbons (Fsp3) is 0.533. The monoisotopic (exact) mass is 277 g/mol. The number of nitrogens with one attached hydrogen (secondary N) is 1. The third-order valence-electron chi connectivity index (χ3n) is 3.73. The smallest absolute Gasteiger partial charge is 0.253 e. The number of hydrogen-bond acceptors (Lipinski definition) is 4. The topological polar surface area (TPSA) is 67.6 Å². The van der Waals surface area contributed by atoms with E-state index in [9.17, 15) is 4.79 Å². The van der Waals surface area contributed by atoms with Crippen molar-refractivity contribution < 1.29 is 9.53 Å². The predicted molar refractivity (Wildman–Crippen MR) is 79.5 cm³/mol. The summed E-state index contributed by atoms with van der Waals surface area (Å²) < 4.78 is 5.67. The molecule has 1 amide bonds. The Hall–Kier alpha value is -1.59. The number of anilines is 1. The third-order valence-corrected chi connectivity index (χ3v) is 3.73. The van der Waals surface area contributed by atoms with Gasteiger partial charge in [-0.25, -0.2) is 0 Å². The molecule has 1 heterocycles. The largest absolute Gasteiger partial charge is 0.376 e. The van der Waals surface area contributed by atoms with E-state index in [4.69, 9.17) is 10.6 Å². The molecule has 0 aromatic heterocycles. The molecule has 110 valence electrons. The first-order valence-corrected chi connectivity index (χ1v) is 7.06. The number of nitrogens with two attached hydrogens (primary N) is 1. The number of amides is 1. The van der Waals surface area contributed by atoms with Gasteiger partial charge < -0.3 is 15.1 Å². The van der Waals surface area contributed by atoms with E-state index in [0.29, 0.717) is 12.1 Å². The minimum Gasteiger partial charge on any atom is -0.376 e. The van der Waals surface area contributed by atoms with E-state index in [2.05, 4.69) is 5.43 Å². The van der Waals surface area contributed by atoms with Crippen LogP contribution in [0.2, 0.25) is 0 Å². The van der Waals surface area contributed by atoms with E-state index in [-0.39, 0.29) is 12.0 Å². The van der Waals surface area contributed by atoms with Gasteiger partial charge in [-0.2, -0.15) is 0 Å². The number of nitrogen functional groups attached to an aromatic ring is 1. The van der Waals surface area contributed by atoms with E-state index in [1.165, 1.54) is 6.42 Å². The van der Waals surface area contributed by atoms with Gasteiger partial charge in [-0.3, -0.25) is 10.6 Å². The molecule has 0 spiro atoms. The first-order valence-electron chi connectivity index (χ1n) is 7.06. The van der Waals surface area contributed by atoms with Crippen LogP contribution in [0, 0.1) is 6.92 Å². The summed E-state index contributed by atoms with van der Waals surface area (Å²) in [4.78, 5) is 14.1. The molecule has 1 aliphatic rings. The molecule has 3 N–H and O–H groups in total. The van der Waals surface area contributed by atoms with Gasteiger partial charge in [0.15, 0.2) is 0 Å². The van der Waals surface area contributed by atoms with Gasteiger partial charge in [0.2, 0.25) is 0 Å². The average molecular weight is 277 g/mol. The summed E-state index contributed by atoms with van der Waals surface area (Å²) in [5, 5.41) is 0. The number of nitrogens with zero attached hydrogens (tertiary/aromatic N) is 1. The second-order valence-corrected chi connectivity index (χ2v) is 5.35. The van der Waals surface area contributed by atoms with Crippen molar-refractivity contribution in [1.29, 1.82) is 0 Å². The molecule has 20 heavy (non-hydrogen) atoms. The van der Waals surface area contributed by atoms with Crippen molar-refractivity contribution in [2.45, 2.75) is 32.3 Å². The minimum atomic E-state index is 0.0193. The highest BCUT2D eigenvalue weighted by atomic mass is 16.5. The molecule has 2 rings (SSSR count). The third kappa shape index (κ3) is 3.49. The van der Waals surface area contributed by atoms with Gasteiger partial charge in [-0.15, -0.1) is 0 Å². The molecule has 1 atom stereocenters. The number of hydrogen-bond donors (Lipinski definition) is 2. The fourth-order valence-electron chi connectivity index (χ4n) is 2.52. The van der Waals surface area contributed by atoms with Gasteiger partial charge in [0.25, 0.3) is 5.91 Å². The molecular weight excluding hydrogens is 254 g/mol. The lowest BCUT2D eigenvalue weighted by atomic mass is 10.1. The number of likely N-dealkylation sites (N-methyl/N-ethyl adjacent to an activating group) is 1. The molecule has 0 saturated carbocycles. The highest BCUT2D eigenvalue weighted by Crippen LogP contribution is 2.18. The van der Waals surface area contributed by atoms with Crippen LogP contribution in [0.1, 0.15) is 35.2 Å². The first-order chi connectivity index (χ1) is 9.61. The summed E-state index contributed by atoms with van der Waals surface area (Å²) in [5.41, 5.74) is 5.08. The maximum atomic E-state index is 12.4. The van der Waals surface area contributed by atoms with Crippen LogP contribution < -0.4 is 11.3 Å². The number of ether oxygens (including phenoxy) is 1. The van der Waals surface area contributed by atoms with Crippen molar-refractivity contribution in [3.8, 4) is 0 Å². The number of rotatable bonds is 4. The Kier molecular flexibility index (Phi) is 4.98. The molecule has 1 unspecified atom stereocenters. The molecule has 1 saturated heterocycles. The Morgan fingerprint density at radius 1 is 1.50 bits per heavy atom. The van der Waals surface area contributed by atoms with Gasteiger partial charge >= 0.3 is 0 Å². The second kappa shape index (κ2) is 6.72. The van der Waals surface area contributed by atoms with Crippen LogP contribution in [0.25, 0.3) is 0 Å². The minimum absolute atomic E-state index is 0.0193. The number of hydrazine groups is 1. The first kappa shape index (κ1) is 14.8. The molecule has 0 aliphatic carbocycles. The lowest BCUT2D eigenvalue weighted by Gasteiger charge is -2.27. The number of carbonyl (C=O) groups is 1. The molecule has 5 heteroatoms. The van der Waals surface area contributed by atoms with Crippen LogP contribution in [0.15, 0.2) is 18.2 Å². The Morgan fingerprint density at radius 3 is 2.90 bits per heavy atom. The van der Waals surface area contributed by atoms with E-state index in [1.807, 2.05) is 26.1 Å². The van der Waals surface area contributed by atoms with Gasteiger partial charge in [0.1, 0.15) is 0 Å². The standard InChI is InChI=1S/C15H23N3O2/c1-11-9-12(6-7-14(11)17-16)15(19)18(2)10-13-5-3-4-8-20-13/h6-7,9,13,17H,3-5,8,10,16H2,1-2H3. The molecule has 0 bridgehead atoms. The molecule has 1 fully saturated rings. The van der Waals surface area contributed by atoms with Gasteiger partial charge in [0.05, 0.1) is 11.8 Å². The van der Waals surface area contributed by atoms with Crippen LogP contribution in [-0.4, -0.2) is 37.1 Å². The maximum Gasteiger partial charge on any atom is 0.253 e. The van der Waals surface area contributed by atoms with E-state index < -0.39 is 0 Å². The van der Waals surface area contributed by atoms with Crippen molar-refractivity contribution in [1.82, 2.24) is 4.90 Å². The number of aryl methyl sites for hydroxylation is 1. The second-order valence-electron chi connectivity index (χ2n) is 5.35. The quantitative estimate of drug-likeness (QED) is 0.652. The SMILES string of the molecule is Cc1cc(C(=O)N(C)CC2CCCCO2)ccc1NN. The average Bonchev–Trinajstić information content (AvgIpc) is 2.47. The zero-order valence-corrected chi connectivity index (χ0v) is 12.2. The van der Waals surface area contributed by atoms with Gasteiger partial charge in [0, 0.05) is 25.8 Å². The molecule has 5 nitrogen and oxygen atoms in total. The zero-order chi connectivity index (χ0) is 14.5. The van der Waals surface area contributed by atoms with Crippen LogP contribution in [0.5, 0.6) is 0 Å². The van der Waals surface area contributed by atoms with Crippen molar-refractivity contribution >= 4 is 11.6 Å². The van der Waals surface area contributed by atoms with Crippen molar-refractivity contribution in [3.05, 3.63) is 29.3 Å². The Morgan fingerprint density at radius 2 is 2.30 bits per heavy atom. The molecule has 0 radical (unpaired) electrons.